The van der Waals surface area contributed by atoms with E-state index in [0.29, 0.717) is 5.92 Å². The van der Waals surface area contributed by atoms with Crippen LogP contribution in [0.2, 0.25) is 0 Å². The molecule has 1 atom stereocenters. The maximum atomic E-state index is 6.13. The highest BCUT2D eigenvalue weighted by Gasteiger charge is 2.22. The minimum Gasteiger partial charge on any atom is -0.360 e. The van der Waals surface area contributed by atoms with Crippen molar-refractivity contribution < 1.29 is 4.74 Å². The summed E-state index contributed by atoms with van der Waals surface area (Å²) in [5.74, 6) is 0.600. The van der Waals surface area contributed by atoms with Crippen LogP contribution in [0.3, 0.4) is 0 Å². The third-order valence-electron chi connectivity index (χ3n) is 2.42. The average Bonchev–Trinajstić information content (AvgIpc) is 2.05. The molecule has 1 aliphatic carbocycles. The Hall–Kier alpha value is 0.250. The highest BCUT2D eigenvalue weighted by atomic mass is 35.5. The predicted molar refractivity (Wildman–Crippen MR) is 52.4 cm³/mol. The van der Waals surface area contributed by atoms with Crippen LogP contribution in [0.15, 0.2) is 0 Å². The van der Waals surface area contributed by atoms with Crippen LogP contribution in [0, 0.1) is 5.92 Å². The van der Waals surface area contributed by atoms with Gasteiger partial charge in [0, 0.05) is 0 Å². The third kappa shape index (κ3) is 3.32. The van der Waals surface area contributed by atoms with Crippen LogP contribution in [0.1, 0.15) is 46.0 Å². The van der Waals surface area contributed by atoms with Crippen molar-refractivity contribution in [3.8, 4) is 0 Å². The third-order valence-corrected chi connectivity index (χ3v) is 2.88. The zero-order valence-corrected chi connectivity index (χ0v) is 8.81. The molecule has 0 aliphatic heterocycles. The molecule has 1 nitrogen and oxygen atoms in total. The van der Waals surface area contributed by atoms with Crippen molar-refractivity contribution in [3.05, 3.63) is 0 Å². The lowest BCUT2D eigenvalue weighted by atomic mass is 9.90. The number of hydrogen-bond donors (Lipinski definition) is 0. The van der Waals surface area contributed by atoms with Gasteiger partial charge in [-0.3, -0.25) is 0 Å². The van der Waals surface area contributed by atoms with Crippen LogP contribution < -0.4 is 0 Å². The van der Waals surface area contributed by atoms with E-state index in [2.05, 4.69) is 0 Å². The van der Waals surface area contributed by atoms with E-state index in [1.807, 2.05) is 13.8 Å². The number of ether oxygens (including phenoxy) is 1. The molecule has 0 N–H and O–H groups in total. The van der Waals surface area contributed by atoms with Gasteiger partial charge in [0.25, 0.3) is 0 Å². The molecular formula is C10H19ClO. The van der Waals surface area contributed by atoms with Gasteiger partial charge in [0.05, 0.1) is 6.10 Å². The molecule has 1 unspecified atom stereocenters. The fourth-order valence-corrected chi connectivity index (χ4v) is 2.23. The fraction of sp³-hybridized carbons (Fsp3) is 1.00. The van der Waals surface area contributed by atoms with Crippen molar-refractivity contribution in [2.45, 2.75) is 57.6 Å². The van der Waals surface area contributed by atoms with Gasteiger partial charge in [-0.1, -0.05) is 30.9 Å². The maximum absolute atomic E-state index is 6.13. The summed E-state index contributed by atoms with van der Waals surface area (Å²) in [6, 6.07) is 0. The van der Waals surface area contributed by atoms with Gasteiger partial charge < -0.3 is 4.74 Å². The second kappa shape index (κ2) is 5.08. The summed E-state index contributed by atoms with van der Waals surface area (Å²) in [4.78, 5) is 0. The molecule has 1 aliphatic rings. The molecule has 1 saturated carbocycles. The first kappa shape index (κ1) is 10.3. The van der Waals surface area contributed by atoms with Gasteiger partial charge in [0.2, 0.25) is 0 Å². The van der Waals surface area contributed by atoms with Gasteiger partial charge in [-0.2, -0.15) is 0 Å². The Bertz CT molecular complexity index is 119. The van der Waals surface area contributed by atoms with E-state index in [9.17, 15) is 0 Å². The van der Waals surface area contributed by atoms with E-state index in [1.54, 1.807) is 0 Å². The molecule has 0 bridgehead atoms. The zero-order valence-electron chi connectivity index (χ0n) is 8.05. The first-order valence-corrected chi connectivity index (χ1v) is 5.43. The first-order valence-electron chi connectivity index (χ1n) is 4.99. The summed E-state index contributed by atoms with van der Waals surface area (Å²) in [7, 11) is 0. The van der Waals surface area contributed by atoms with Crippen LogP contribution in [-0.4, -0.2) is 11.7 Å². The van der Waals surface area contributed by atoms with Crippen molar-refractivity contribution in [3.63, 3.8) is 0 Å². The van der Waals surface area contributed by atoms with Crippen LogP contribution in [0.25, 0.3) is 0 Å². The van der Waals surface area contributed by atoms with Crippen molar-refractivity contribution in [1.29, 1.82) is 0 Å². The van der Waals surface area contributed by atoms with E-state index in [0.717, 1.165) is 0 Å². The quantitative estimate of drug-likeness (QED) is 0.619. The van der Waals surface area contributed by atoms with Crippen LogP contribution in [-0.2, 0) is 4.74 Å². The summed E-state index contributed by atoms with van der Waals surface area (Å²) >= 11 is 6.13. The molecule has 12 heavy (non-hydrogen) atoms. The summed E-state index contributed by atoms with van der Waals surface area (Å²) < 4.78 is 5.56. The van der Waals surface area contributed by atoms with Crippen molar-refractivity contribution in [1.82, 2.24) is 0 Å². The van der Waals surface area contributed by atoms with Crippen LogP contribution in [0.4, 0.5) is 0 Å². The Morgan fingerprint density at radius 3 is 2.25 bits per heavy atom. The topological polar surface area (TPSA) is 9.23 Å². The van der Waals surface area contributed by atoms with Gasteiger partial charge in [-0.05, 0) is 32.6 Å². The highest BCUT2D eigenvalue weighted by Crippen LogP contribution is 2.30. The summed E-state index contributed by atoms with van der Waals surface area (Å²) in [6.07, 6.45) is 6.79. The van der Waals surface area contributed by atoms with E-state index in [4.69, 9.17) is 16.3 Å². The Balaban J connectivity index is 2.24. The largest absolute Gasteiger partial charge is 0.360 e. The molecule has 0 saturated heterocycles. The Labute approximate surface area is 80.4 Å². The van der Waals surface area contributed by atoms with E-state index in [1.165, 1.54) is 32.1 Å². The summed E-state index contributed by atoms with van der Waals surface area (Å²) in [6.45, 7) is 4.08. The molecular weight excluding hydrogens is 172 g/mol. The number of hydrogen-bond acceptors (Lipinski definition) is 1. The molecule has 0 aromatic carbocycles. The normalized spacial score (nSPS) is 23.0. The van der Waals surface area contributed by atoms with Gasteiger partial charge in [-0.15, -0.1) is 0 Å². The molecule has 0 amide bonds. The molecule has 1 rings (SSSR count). The fourth-order valence-electron chi connectivity index (χ4n) is 1.77. The maximum Gasteiger partial charge on any atom is 0.134 e. The first-order chi connectivity index (χ1) is 5.70. The summed E-state index contributed by atoms with van der Waals surface area (Å²) in [5, 5.41) is 0. The molecule has 0 aromatic heterocycles. The Morgan fingerprint density at radius 2 is 1.75 bits per heavy atom. The minimum absolute atomic E-state index is 0.0506. The van der Waals surface area contributed by atoms with E-state index < -0.39 is 0 Å². The molecule has 72 valence electrons. The zero-order chi connectivity index (χ0) is 8.97. The number of halogens is 1. The molecule has 2 heteroatoms. The summed E-state index contributed by atoms with van der Waals surface area (Å²) in [5.41, 5.74) is -0.0506. The van der Waals surface area contributed by atoms with Crippen molar-refractivity contribution in [2.24, 2.45) is 5.92 Å². The second-order valence-electron chi connectivity index (χ2n) is 3.93. The monoisotopic (exact) mass is 190 g/mol. The lowest BCUT2D eigenvalue weighted by Gasteiger charge is -2.27. The number of rotatable bonds is 3. The van der Waals surface area contributed by atoms with E-state index in [-0.39, 0.29) is 11.7 Å². The van der Waals surface area contributed by atoms with Gasteiger partial charge >= 0.3 is 0 Å². The smallest absolute Gasteiger partial charge is 0.134 e. The van der Waals surface area contributed by atoms with E-state index >= 15 is 0 Å². The SMILES string of the molecule is CC(C)OC(Cl)C1CCCCC1. The van der Waals surface area contributed by atoms with Crippen LogP contribution in [0.5, 0.6) is 0 Å². The highest BCUT2D eigenvalue weighted by molar-refractivity contribution is 6.19. The molecule has 0 radical (unpaired) electrons. The predicted octanol–water partition coefficient (Wildman–Crippen LogP) is 3.56. The second-order valence-corrected chi connectivity index (χ2v) is 4.36. The minimum atomic E-state index is -0.0506. The van der Waals surface area contributed by atoms with Gasteiger partial charge in [0.1, 0.15) is 5.56 Å². The standard InChI is InChI=1S/C10H19ClO/c1-8(2)12-10(11)9-6-4-3-5-7-9/h8-10H,3-7H2,1-2H3. The van der Waals surface area contributed by atoms with Crippen molar-refractivity contribution in [2.75, 3.05) is 0 Å². The molecule has 0 spiro atoms. The lowest BCUT2D eigenvalue weighted by molar-refractivity contribution is 0.0133. The Kier molecular flexibility index (Phi) is 4.38. The molecule has 0 aromatic rings. The van der Waals surface area contributed by atoms with Gasteiger partial charge in [-0.25, -0.2) is 0 Å². The van der Waals surface area contributed by atoms with Crippen molar-refractivity contribution >= 4 is 11.6 Å². The van der Waals surface area contributed by atoms with Gasteiger partial charge in [0.15, 0.2) is 0 Å². The van der Waals surface area contributed by atoms with Crippen LogP contribution >= 0.6 is 11.6 Å². The number of alkyl halides is 1. The lowest BCUT2D eigenvalue weighted by Crippen LogP contribution is -2.23. The average molecular weight is 191 g/mol. The Morgan fingerprint density at radius 1 is 1.17 bits per heavy atom. The molecule has 0 heterocycles. The molecule has 1 fully saturated rings.